The van der Waals surface area contributed by atoms with Gasteiger partial charge in [-0.2, -0.15) is 0 Å². The predicted octanol–water partition coefficient (Wildman–Crippen LogP) is 3.03. The molecule has 1 fully saturated rings. The second-order valence-corrected chi connectivity index (χ2v) is 6.58. The number of piperidine rings is 1. The molecule has 1 aromatic carbocycles. The maximum atomic E-state index is 12.1. The molecule has 0 radical (unpaired) electrons. The lowest BCUT2D eigenvalue weighted by molar-refractivity contribution is -0.132. The van der Waals surface area contributed by atoms with Crippen LogP contribution in [-0.4, -0.2) is 29.9 Å². The standard InChI is InChI=1S/C16H23BrN2O/c1-12-7-8-14(17)10-13(12)4-2-6-16(20)19-9-3-5-15(18)11-19/h7-8,10,15H,2-6,9,11,18H2,1H3. The van der Waals surface area contributed by atoms with Gasteiger partial charge in [-0.25, -0.2) is 0 Å². The van der Waals surface area contributed by atoms with Crippen LogP contribution in [0.25, 0.3) is 0 Å². The van der Waals surface area contributed by atoms with Gasteiger partial charge in [0, 0.05) is 30.0 Å². The molecule has 0 spiro atoms. The zero-order valence-corrected chi connectivity index (χ0v) is 13.7. The van der Waals surface area contributed by atoms with E-state index < -0.39 is 0 Å². The molecule has 1 heterocycles. The summed E-state index contributed by atoms with van der Waals surface area (Å²) in [6.07, 6.45) is 4.57. The number of rotatable bonds is 4. The first-order chi connectivity index (χ1) is 9.56. The molecule has 1 amide bonds. The summed E-state index contributed by atoms with van der Waals surface area (Å²) in [5.41, 5.74) is 8.53. The van der Waals surface area contributed by atoms with E-state index in [9.17, 15) is 4.79 Å². The molecule has 2 N–H and O–H groups in total. The summed E-state index contributed by atoms with van der Waals surface area (Å²) in [4.78, 5) is 14.1. The molecule has 3 nitrogen and oxygen atoms in total. The van der Waals surface area contributed by atoms with Gasteiger partial charge in [0.2, 0.25) is 5.91 Å². The molecular formula is C16H23BrN2O. The number of carbonyl (C=O) groups excluding carboxylic acids is 1. The van der Waals surface area contributed by atoms with Crippen LogP contribution >= 0.6 is 15.9 Å². The van der Waals surface area contributed by atoms with E-state index in [1.807, 2.05) is 4.90 Å². The Labute approximate surface area is 129 Å². The number of hydrogen-bond donors (Lipinski definition) is 1. The molecule has 2 rings (SSSR count). The molecule has 1 unspecified atom stereocenters. The van der Waals surface area contributed by atoms with Crippen molar-refractivity contribution in [2.75, 3.05) is 13.1 Å². The van der Waals surface area contributed by atoms with E-state index >= 15 is 0 Å². The third kappa shape index (κ3) is 4.32. The molecule has 0 aromatic heterocycles. The van der Waals surface area contributed by atoms with Gasteiger partial charge in [0.15, 0.2) is 0 Å². The molecule has 1 aliphatic heterocycles. The van der Waals surface area contributed by atoms with Crippen LogP contribution in [0.4, 0.5) is 0 Å². The van der Waals surface area contributed by atoms with Crippen LogP contribution < -0.4 is 5.73 Å². The number of hydrogen-bond acceptors (Lipinski definition) is 2. The Hall–Kier alpha value is -0.870. The number of nitrogens with zero attached hydrogens (tertiary/aromatic N) is 1. The minimum absolute atomic E-state index is 0.167. The van der Waals surface area contributed by atoms with Gasteiger partial charge < -0.3 is 10.6 Å². The lowest BCUT2D eigenvalue weighted by Gasteiger charge is -2.30. The van der Waals surface area contributed by atoms with Gasteiger partial charge in [0.25, 0.3) is 0 Å². The number of likely N-dealkylation sites (tertiary alicyclic amines) is 1. The molecule has 20 heavy (non-hydrogen) atoms. The maximum absolute atomic E-state index is 12.1. The minimum atomic E-state index is 0.167. The summed E-state index contributed by atoms with van der Waals surface area (Å²) >= 11 is 3.50. The van der Waals surface area contributed by atoms with Gasteiger partial charge in [-0.15, -0.1) is 0 Å². The highest BCUT2D eigenvalue weighted by atomic mass is 79.9. The second kappa shape index (κ2) is 7.23. The Balaban J connectivity index is 1.80. The summed E-state index contributed by atoms with van der Waals surface area (Å²) < 4.78 is 1.10. The molecule has 0 bridgehead atoms. The van der Waals surface area contributed by atoms with Crippen molar-refractivity contribution in [3.8, 4) is 0 Å². The third-order valence-corrected chi connectivity index (χ3v) is 4.45. The molecule has 4 heteroatoms. The third-order valence-electron chi connectivity index (χ3n) is 3.96. The number of benzene rings is 1. The smallest absolute Gasteiger partial charge is 0.222 e. The van der Waals surface area contributed by atoms with Crippen LogP contribution in [0, 0.1) is 6.92 Å². The van der Waals surface area contributed by atoms with Gasteiger partial charge in [-0.05, 0) is 55.9 Å². The van der Waals surface area contributed by atoms with Gasteiger partial charge in [-0.3, -0.25) is 4.79 Å². The molecule has 1 aliphatic rings. The highest BCUT2D eigenvalue weighted by Crippen LogP contribution is 2.18. The topological polar surface area (TPSA) is 46.3 Å². The van der Waals surface area contributed by atoms with E-state index in [-0.39, 0.29) is 11.9 Å². The summed E-state index contributed by atoms with van der Waals surface area (Å²) in [7, 11) is 0. The SMILES string of the molecule is Cc1ccc(Br)cc1CCCC(=O)N1CCCC(N)C1. The zero-order chi connectivity index (χ0) is 14.5. The summed E-state index contributed by atoms with van der Waals surface area (Å²) in [6.45, 7) is 3.73. The van der Waals surface area contributed by atoms with Crippen LogP contribution in [0.3, 0.4) is 0 Å². The molecule has 0 aliphatic carbocycles. The number of amides is 1. The van der Waals surface area contributed by atoms with Gasteiger partial charge in [0.1, 0.15) is 0 Å². The molecular weight excluding hydrogens is 316 g/mol. The van der Waals surface area contributed by atoms with E-state index in [1.165, 1.54) is 11.1 Å². The minimum Gasteiger partial charge on any atom is -0.341 e. The van der Waals surface area contributed by atoms with Crippen molar-refractivity contribution in [1.82, 2.24) is 4.90 Å². The lowest BCUT2D eigenvalue weighted by atomic mass is 10.0. The summed E-state index contributed by atoms with van der Waals surface area (Å²) in [5.74, 6) is 0.257. The van der Waals surface area contributed by atoms with Gasteiger partial charge >= 0.3 is 0 Å². The molecule has 1 saturated heterocycles. The Bertz CT molecular complexity index is 476. The van der Waals surface area contributed by atoms with Gasteiger partial charge in [0.05, 0.1) is 0 Å². The summed E-state index contributed by atoms with van der Waals surface area (Å²) in [5, 5.41) is 0. The fourth-order valence-corrected chi connectivity index (χ4v) is 3.14. The Morgan fingerprint density at radius 1 is 1.50 bits per heavy atom. The average molecular weight is 339 g/mol. The molecule has 1 atom stereocenters. The Kier molecular flexibility index (Phi) is 5.61. The Morgan fingerprint density at radius 3 is 3.05 bits per heavy atom. The van der Waals surface area contributed by atoms with Crippen LogP contribution in [0.2, 0.25) is 0 Å². The normalized spacial score (nSPS) is 19.1. The van der Waals surface area contributed by atoms with Crippen molar-refractivity contribution in [2.24, 2.45) is 5.73 Å². The largest absolute Gasteiger partial charge is 0.341 e. The van der Waals surface area contributed by atoms with Crippen molar-refractivity contribution < 1.29 is 4.79 Å². The van der Waals surface area contributed by atoms with E-state index in [0.29, 0.717) is 6.42 Å². The van der Waals surface area contributed by atoms with Crippen LogP contribution in [-0.2, 0) is 11.2 Å². The highest BCUT2D eigenvalue weighted by Gasteiger charge is 2.20. The quantitative estimate of drug-likeness (QED) is 0.917. The fraction of sp³-hybridized carbons (Fsp3) is 0.562. The van der Waals surface area contributed by atoms with E-state index in [2.05, 4.69) is 41.1 Å². The maximum Gasteiger partial charge on any atom is 0.222 e. The van der Waals surface area contributed by atoms with Gasteiger partial charge in [-0.1, -0.05) is 22.0 Å². The van der Waals surface area contributed by atoms with Crippen LogP contribution in [0.1, 0.15) is 36.8 Å². The first kappa shape index (κ1) is 15.5. The predicted molar refractivity (Wildman–Crippen MR) is 85.6 cm³/mol. The number of aryl methyl sites for hydroxylation is 2. The van der Waals surface area contributed by atoms with Crippen molar-refractivity contribution in [2.45, 2.75) is 45.1 Å². The van der Waals surface area contributed by atoms with Crippen LogP contribution in [0.15, 0.2) is 22.7 Å². The Morgan fingerprint density at radius 2 is 2.30 bits per heavy atom. The van der Waals surface area contributed by atoms with Crippen molar-refractivity contribution in [1.29, 1.82) is 0 Å². The molecule has 110 valence electrons. The molecule has 0 saturated carbocycles. The lowest BCUT2D eigenvalue weighted by Crippen LogP contribution is -2.45. The van der Waals surface area contributed by atoms with Crippen molar-refractivity contribution in [3.63, 3.8) is 0 Å². The monoisotopic (exact) mass is 338 g/mol. The second-order valence-electron chi connectivity index (χ2n) is 5.67. The highest BCUT2D eigenvalue weighted by molar-refractivity contribution is 9.10. The fourth-order valence-electron chi connectivity index (χ4n) is 2.73. The van der Waals surface area contributed by atoms with Crippen LogP contribution in [0.5, 0.6) is 0 Å². The van der Waals surface area contributed by atoms with Crippen molar-refractivity contribution >= 4 is 21.8 Å². The average Bonchev–Trinajstić information content (AvgIpc) is 2.42. The summed E-state index contributed by atoms with van der Waals surface area (Å²) in [6, 6.07) is 6.49. The first-order valence-electron chi connectivity index (χ1n) is 7.34. The van der Waals surface area contributed by atoms with Crippen molar-refractivity contribution in [3.05, 3.63) is 33.8 Å². The van der Waals surface area contributed by atoms with E-state index in [4.69, 9.17) is 5.73 Å². The van der Waals surface area contributed by atoms with E-state index in [0.717, 1.165) is 43.2 Å². The number of halogens is 1. The first-order valence-corrected chi connectivity index (χ1v) is 8.14. The molecule has 1 aromatic rings. The van der Waals surface area contributed by atoms with E-state index in [1.54, 1.807) is 0 Å². The number of nitrogens with two attached hydrogens (primary N) is 1. The number of carbonyl (C=O) groups is 1. The zero-order valence-electron chi connectivity index (χ0n) is 12.1.